The summed E-state index contributed by atoms with van der Waals surface area (Å²) in [5, 5.41) is 0. The lowest BCUT2D eigenvalue weighted by atomic mass is 10.0. The maximum absolute atomic E-state index is 5.08. The quantitative estimate of drug-likeness (QED) is 0.763. The molecule has 2 nitrogen and oxygen atoms in total. The fourth-order valence-corrected chi connectivity index (χ4v) is 2.54. The highest BCUT2D eigenvalue weighted by molar-refractivity contribution is 9.10. The van der Waals surface area contributed by atoms with Gasteiger partial charge in [-0.3, -0.25) is 0 Å². The Hall–Kier alpha value is -0.315. The van der Waals surface area contributed by atoms with Crippen molar-refractivity contribution in [2.45, 2.75) is 19.4 Å². The molecule has 79 valence electrons. The number of fused-ring (bicyclic) bond motifs is 1. The second-order valence-corrected chi connectivity index (χ2v) is 4.65. The van der Waals surface area contributed by atoms with E-state index in [0.717, 1.165) is 19.5 Å². The molecule has 0 bridgehead atoms. The van der Waals surface area contributed by atoms with Gasteiger partial charge in [0.25, 0.3) is 0 Å². The van der Waals surface area contributed by atoms with Crippen LogP contribution in [-0.2, 0) is 17.6 Å². The van der Waals surface area contributed by atoms with Crippen molar-refractivity contribution in [1.29, 1.82) is 0 Å². The van der Waals surface area contributed by atoms with E-state index < -0.39 is 0 Å². The van der Waals surface area contributed by atoms with Crippen LogP contribution in [0.4, 0.5) is 0 Å². The Kier molecular flexibility index (Phi) is 3.84. The second kappa shape index (κ2) is 5.15. The topological polar surface area (TPSA) is 12.5 Å². The number of nitrogens with zero attached hydrogens (tertiary/aromatic N) is 1. The van der Waals surface area contributed by atoms with Crippen molar-refractivity contribution >= 4 is 23.5 Å². The van der Waals surface area contributed by atoms with Gasteiger partial charge in [0.15, 0.2) is 0 Å². The van der Waals surface area contributed by atoms with Crippen LogP contribution in [0.25, 0.3) is 0 Å². The van der Waals surface area contributed by atoms with E-state index in [1.807, 2.05) is 7.62 Å². The van der Waals surface area contributed by atoms with Crippen molar-refractivity contribution in [1.82, 2.24) is 4.81 Å². The standard InChI is InChI=1S/C11H14BBrNO/c1-15-12-14-7-3-5-9-4-2-6-11(13)10(9)8-14/h2,4,6H,3,5,7-8H2,1H3. The van der Waals surface area contributed by atoms with Crippen molar-refractivity contribution in [3.8, 4) is 0 Å². The van der Waals surface area contributed by atoms with Gasteiger partial charge in [-0.05, 0) is 36.6 Å². The van der Waals surface area contributed by atoms with Gasteiger partial charge in [0.2, 0.25) is 0 Å². The smallest absolute Gasteiger partial charge is 0.398 e. The first kappa shape index (κ1) is 11.2. The molecule has 15 heavy (non-hydrogen) atoms. The van der Waals surface area contributed by atoms with Crippen LogP contribution < -0.4 is 0 Å². The fourth-order valence-electron chi connectivity index (χ4n) is 2.01. The predicted octanol–water partition coefficient (Wildman–Crippen LogP) is 2.38. The number of hydrogen-bond acceptors (Lipinski definition) is 2. The summed E-state index contributed by atoms with van der Waals surface area (Å²) in [4.78, 5) is 2.22. The molecule has 1 aliphatic rings. The molecular formula is C11H14BBrNO. The minimum Gasteiger partial charge on any atom is -0.427 e. The maximum atomic E-state index is 5.08. The Morgan fingerprint density at radius 1 is 1.47 bits per heavy atom. The Balaban J connectivity index is 2.23. The summed E-state index contributed by atoms with van der Waals surface area (Å²) in [6.07, 6.45) is 2.34. The molecule has 4 heteroatoms. The zero-order chi connectivity index (χ0) is 10.7. The highest BCUT2D eigenvalue weighted by Crippen LogP contribution is 2.25. The lowest BCUT2D eigenvalue weighted by Crippen LogP contribution is -2.28. The van der Waals surface area contributed by atoms with Crippen molar-refractivity contribution in [3.05, 3.63) is 33.8 Å². The molecule has 1 aliphatic heterocycles. The van der Waals surface area contributed by atoms with Crippen LogP contribution in [-0.4, -0.2) is 26.1 Å². The van der Waals surface area contributed by atoms with Crippen molar-refractivity contribution in [3.63, 3.8) is 0 Å². The first-order chi connectivity index (χ1) is 7.31. The van der Waals surface area contributed by atoms with E-state index in [9.17, 15) is 0 Å². The van der Waals surface area contributed by atoms with Crippen LogP contribution in [0.15, 0.2) is 22.7 Å². The van der Waals surface area contributed by atoms with Crippen LogP contribution in [0, 0.1) is 0 Å². The summed E-state index contributed by atoms with van der Waals surface area (Å²) < 4.78 is 6.28. The third-order valence-electron chi connectivity index (χ3n) is 2.72. The molecule has 0 unspecified atom stereocenters. The minimum absolute atomic E-state index is 0.935. The van der Waals surface area contributed by atoms with E-state index in [-0.39, 0.29) is 0 Å². The normalized spacial score (nSPS) is 16.9. The molecule has 1 aromatic carbocycles. The van der Waals surface area contributed by atoms with Crippen molar-refractivity contribution < 1.29 is 4.65 Å². The van der Waals surface area contributed by atoms with Crippen molar-refractivity contribution in [2.75, 3.05) is 13.7 Å². The van der Waals surface area contributed by atoms with E-state index >= 15 is 0 Å². The number of hydrogen-bond donors (Lipinski definition) is 0. The number of benzene rings is 1. The summed E-state index contributed by atoms with van der Waals surface area (Å²) >= 11 is 3.61. The number of halogens is 1. The van der Waals surface area contributed by atoms with Gasteiger partial charge in [-0.1, -0.05) is 28.1 Å². The molecule has 0 N–H and O–H groups in total. The minimum atomic E-state index is 0.935. The van der Waals surface area contributed by atoms with E-state index in [2.05, 4.69) is 38.9 Å². The number of aryl methyl sites for hydroxylation is 1. The van der Waals surface area contributed by atoms with Gasteiger partial charge in [-0.25, -0.2) is 0 Å². The molecule has 1 aromatic rings. The highest BCUT2D eigenvalue weighted by atomic mass is 79.9. The van der Waals surface area contributed by atoms with Gasteiger partial charge in [0.1, 0.15) is 0 Å². The molecule has 0 aromatic heterocycles. The van der Waals surface area contributed by atoms with Crippen LogP contribution in [0.2, 0.25) is 0 Å². The van der Waals surface area contributed by atoms with Crippen molar-refractivity contribution in [2.24, 2.45) is 0 Å². The van der Waals surface area contributed by atoms with Gasteiger partial charge in [0.05, 0.1) is 0 Å². The first-order valence-corrected chi connectivity index (χ1v) is 5.97. The Morgan fingerprint density at radius 3 is 3.13 bits per heavy atom. The van der Waals surface area contributed by atoms with Crippen LogP contribution >= 0.6 is 15.9 Å². The summed E-state index contributed by atoms with van der Waals surface area (Å²) in [5.74, 6) is 0. The van der Waals surface area contributed by atoms with Gasteiger partial charge in [0, 0.05) is 18.1 Å². The van der Waals surface area contributed by atoms with Crippen LogP contribution in [0.1, 0.15) is 17.5 Å². The third-order valence-corrected chi connectivity index (χ3v) is 3.47. The van der Waals surface area contributed by atoms with E-state index in [0.29, 0.717) is 0 Å². The second-order valence-electron chi connectivity index (χ2n) is 3.79. The number of rotatable bonds is 2. The zero-order valence-electron chi connectivity index (χ0n) is 8.87. The molecule has 0 fully saturated rings. The maximum Gasteiger partial charge on any atom is 0.398 e. The molecule has 1 heterocycles. The third kappa shape index (κ3) is 2.62. The molecule has 1 radical (unpaired) electrons. The average Bonchev–Trinajstić information content (AvgIpc) is 2.42. The summed E-state index contributed by atoms with van der Waals surface area (Å²) in [6.45, 7) is 2.00. The van der Waals surface area contributed by atoms with Crippen LogP contribution in [0.3, 0.4) is 0 Å². The summed E-state index contributed by atoms with van der Waals surface area (Å²) in [7, 11) is 3.51. The molecular weight excluding hydrogens is 253 g/mol. The highest BCUT2D eigenvalue weighted by Gasteiger charge is 2.16. The SMILES string of the molecule is CO[B]N1CCCc2cccc(Br)c2C1. The predicted molar refractivity (Wildman–Crippen MR) is 65.6 cm³/mol. The van der Waals surface area contributed by atoms with E-state index in [1.54, 1.807) is 7.11 Å². The monoisotopic (exact) mass is 266 g/mol. The Labute approximate surface area is 100 Å². The summed E-state index contributed by atoms with van der Waals surface area (Å²) in [5.41, 5.74) is 2.85. The largest absolute Gasteiger partial charge is 0.427 e. The first-order valence-electron chi connectivity index (χ1n) is 5.17. The fraction of sp³-hybridized carbons (Fsp3) is 0.455. The molecule has 0 spiro atoms. The lowest BCUT2D eigenvalue weighted by molar-refractivity contribution is 0.335. The molecule has 0 aliphatic carbocycles. The molecule has 0 saturated carbocycles. The molecule has 0 saturated heterocycles. The molecule has 2 rings (SSSR count). The van der Waals surface area contributed by atoms with Gasteiger partial charge < -0.3 is 9.47 Å². The van der Waals surface area contributed by atoms with Crippen LogP contribution in [0.5, 0.6) is 0 Å². The van der Waals surface area contributed by atoms with E-state index in [1.165, 1.54) is 22.0 Å². The Morgan fingerprint density at radius 2 is 2.33 bits per heavy atom. The average molecular weight is 267 g/mol. The zero-order valence-corrected chi connectivity index (χ0v) is 10.5. The van der Waals surface area contributed by atoms with Gasteiger partial charge in [-0.2, -0.15) is 0 Å². The summed E-state index contributed by atoms with van der Waals surface area (Å²) in [6, 6.07) is 6.43. The van der Waals surface area contributed by atoms with E-state index in [4.69, 9.17) is 4.65 Å². The molecule has 0 atom stereocenters. The lowest BCUT2D eigenvalue weighted by Gasteiger charge is -2.18. The molecule has 0 amide bonds. The van der Waals surface area contributed by atoms with Gasteiger partial charge in [-0.15, -0.1) is 0 Å². The Bertz CT molecular complexity index is 345. The van der Waals surface area contributed by atoms with Gasteiger partial charge >= 0.3 is 7.62 Å².